The normalized spacial score (nSPS) is 37.0. The van der Waals surface area contributed by atoms with Crippen LogP contribution in [0.3, 0.4) is 0 Å². The van der Waals surface area contributed by atoms with Crippen molar-refractivity contribution in [2.75, 3.05) is 23.0 Å². The third kappa shape index (κ3) is 3.00. The van der Waals surface area contributed by atoms with Gasteiger partial charge in [-0.15, -0.1) is 0 Å². The van der Waals surface area contributed by atoms with Crippen molar-refractivity contribution < 1.29 is 16.8 Å². The van der Waals surface area contributed by atoms with Gasteiger partial charge in [0.1, 0.15) is 0 Å². The van der Waals surface area contributed by atoms with Crippen molar-refractivity contribution in [3.63, 3.8) is 0 Å². The molecule has 1 N–H and O–H groups in total. The molecule has 0 bridgehead atoms. The summed E-state index contributed by atoms with van der Waals surface area (Å²) in [6.45, 7) is 2.61. The van der Waals surface area contributed by atoms with Gasteiger partial charge in [-0.3, -0.25) is 4.90 Å². The van der Waals surface area contributed by atoms with Gasteiger partial charge in [-0.05, 0) is 12.5 Å². The largest absolute Gasteiger partial charge is 0.306 e. The summed E-state index contributed by atoms with van der Waals surface area (Å²) in [7, 11) is -6.15. The van der Waals surface area contributed by atoms with Gasteiger partial charge in [-0.25, -0.2) is 16.8 Å². The Morgan fingerprint density at radius 2 is 1.42 bits per heavy atom. The zero-order chi connectivity index (χ0) is 17.1. The molecule has 132 valence electrons. The summed E-state index contributed by atoms with van der Waals surface area (Å²) in [6, 6.07) is 7.50. The maximum Gasteiger partial charge on any atom is 0.153 e. The molecule has 4 atom stereocenters. The van der Waals surface area contributed by atoms with E-state index >= 15 is 0 Å². The molecule has 24 heavy (non-hydrogen) atoms. The van der Waals surface area contributed by atoms with Crippen LogP contribution >= 0.6 is 0 Å². The van der Waals surface area contributed by atoms with Gasteiger partial charge in [0.05, 0.1) is 23.0 Å². The second-order valence-corrected chi connectivity index (χ2v) is 11.6. The fourth-order valence-electron chi connectivity index (χ4n) is 4.29. The molecule has 0 saturated carbocycles. The Morgan fingerprint density at radius 3 is 1.92 bits per heavy atom. The second kappa shape index (κ2) is 5.52. The van der Waals surface area contributed by atoms with Crippen LogP contribution in [-0.4, -0.2) is 68.9 Å². The molecule has 0 amide bonds. The highest BCUT2D eigenvalue weighted by atomic mass is 32.2. The van der Waals surface area contributed by atoms with E-state index in [1.807, 2.05) is 31.2 Å². The predicted molar refractivity (Wildman–Crippen MR) is 92.3 cm³/mol. The van der Waals surface area contributed by atoms with Crippen LogP contribution < -0.4 is 5.32 Å². The topological polar surface area (TPSA) is 83.6 Å². The molecule has 6 nitrogen and oxygen atoms in total. The lowest BCUT2D eigenvalue weighted by atomic mass is 9.96. The highest BCUT2D eigenvalue weighted by Gasteiger charge is 2.53. The van der Waals surface area contributed by atoms with E-state index in [0.29, 0.717) is 6.54 Å². The summed E-state index contributed by atoms with van der Waals surface area (Å²) in [5, 5.41) is 3.31. The summed E-state index contributed by atoms with van der Waals surface area (Å²) in [6.07, 6.45) is 0. The third-order valence-corrected chi connectivity index (χ3v) is 8.84. The summed E-state index contributed by atoms with van der Waals surface area (Å²) in [4.78, 5) is 2.13. The van der Waals surface area contributed by atoms with Crippen LogP contribution in [0.1, 0.15) is 11.1 Å². The van der Waals surface area contributed by atoms with Gasteiger partial charge in [-0.1, -0.05) is 29.8 Å². The number of nitrogens with zero attached hydrogens (tertiary/aromatic N) is 1. The number of fused-ring (bicyclic) bond motifs is 2. The van der Waals surface area contributed by atoms with Crippen LogP contribution in [0.5, 0.6) is 0 Å². The van der Waals surface area contributed by atoms with E-state index in [0.717, 1.165) is 5.56 Å². The van der Waals surface area contributed by atoms with Gasteiger partial charge in [0, 0.05) is 30.7 Å². The smallest absolute Gasteiger partial charge is 0.153 e. The fraction of sp³-hybridized carbons (Fsp3) is 0.625. The number of aryl methyl sites for hydroxylation is 1. The minimum absolute atomic E-state index is 0.103. The minimum Gasteiger partial charge on any atom is -0.306 e. The van der Waals surface area contributed by atoms with E-state index in [2.05, 4.69) is 10.2 Å². The molecule has 0 aliphatic carbocycles. The van der Waals surface area contributed by atoms with Crippen LogP contribution in [0.15, 0.2) is 24.3 Å². The van der Waals surface area contributed by atoms with E-state index in [1.165, 1.54) is 5.56 Å². The molecule has 0 spiro atoms. The van der Waals surface area contributed by atoms with Crippen LogP contribution in [0.2, 0.25) is 0 Å². The SMILES string of the molecule is Cc1ccc(CN2[C@@H]3CS(=O)(=O)C[C@@H]3N[C@@H]3CS(=O)(=O)C[C@H]32)cc1. The van der Waals surface area contributed by atoms with E-state index in [1.54, 1.807) is 0 Å². The first-order chi connectivity index (χ1) is 11.2. The van der Waals surface area contributed by atoms with Gasteiger partial charge in [0.15, 0.2) is 19.7 Å². The molecule has 4 rings (SSSR count). The Bertz CT molecular complexity index is 801. The van der Waals surface area contributed by atoms with Crippen molar-refractivity contribution in [3.8, 4) is 0 Å². The number of rotatable bonds is 2. The average Bonchev–Trinajstić information content (AvgIpc) is 2.94. The quantitative estimate of drug-likeness (QED) is 0.772. The minimum atomic E-state index is -3.07. The molecule has 0 aromatic heterocycles. The molecule has 3 fully saturated rings. The van der Waals surface area contributed by atoms with Crippen molar-refractivity contribution in [2.45, 2.75) is 37.6 Å². The first kappa shape index (κ1) is 16.5. The maximum atomic E-state index is 12.1. The average molecular weight is 370 g/mol. The van der Waals surface area contributed by atoms with E-state index < -0.39 is 19.7 Å². The Kier molecular flexibility index (Phi) is 3.80. The molecule has 0 unspecified atom stereocenters. The highest BCUT2D eigenvalue weighted by molar-refractivity contribution is 7.92. The molecule has 3 aliphatic rings. The zero-order valence-electron chi connectivity index (χ0n) is 13.6. The van der Waals surface area contributed by atoms with Crippen molar-refractivity contribution in [3.05, 3.63) is 35.4 Å². The summed E-state index contributed by atoms with van der Waals surface area (Å²) in [5.41, 5.74) is 2.26. The predicted octanol–water partition coefficient (Wildman–Crippen LogP) is -0.269. The lowest BCUT2D eigenvalue weighted by molar-refractivity contribution is 0.0678. The number of hydrogen-bond acceptors (Lipinski definition) is 6. The van der Waals surface area contributed by atoms with E-state index in [-0.39, 0.29) is 47.2 Å². The Balaban J connectivity index is 1.67. The number of hydrogen-bond donors (Lipinski definition) is 1. The molecule has 0 radical (unpaired) electrons. The van der Waals surface area contributed by atoms with Gasteiger partial charge in [0.2, 0.25) is 0 Å². The van der Waals surface area contributed by atoms with E-state index in [9.17, 15) is 16.8 Å². The Morgan fingerprint density at radius 1 is 0.917 bits per heavy atom. The lowest BCUT2D eigenvalue weighted by Crippen LogP contribution is -2.66. The van der Waals surface area contributed by atoms with Gasteiger partial charge in [0.25, 0.3) is 0 Å². The molecule has 8 heteroatoms. The van der Waals surface area contributed by atoms with Crippen molar-refractivity contribution in [1.29, 1.82) is 0 Å². The summed E-state index contributed by atoms with van der Waals surface area (Å²) < 4.78 is 48.4. The molecule has 1 aromatic rings. The standard InChI is InChI=1S/C16H22N2O4S2/c1-11-2-4-12(5-3-11)6-18-15-9-23(19,20)7-13(15)17-14-8-24(21,22)10-16(14)18/h2-5,13-17H,6-10H2,1H3/t13-,14+,15-,16-/m1/s1. The van der Waals surface area contributed by atoms with Gasteiger partial charge >= 0.3 is 0 Å². The van der Waals surface area contributed by atoms with Crippen LogP contribution in [0.4, 0.5) is 0 Å². The van der Waals surface area contributed by atoms with Crippen LogP contribution in [0, 0.1) is 6.92 Å². The maximum absolute atomic E-state index is 12.1. The van der Waals surface area contributed by atoms with Crippen molar-refractivity contribution >= 4 is 19.7 Å². The number of nitrogens with one attached hydrogen (secondary N) is 1. The summed E-state index contributed by atoms with van der Waals surface area (Å²) >= 11 is 0. The first-order valence-corrected chi connectivity index (χ1v) is 11.8. The van der Waals surface area contributed by atoms with Crippen molar-refractivity contribution in [1.82, 2.24) is 10.2 Å². The third-order valence-electron chi connectivity index (χ3n) is 5.41. The Hall–Kier alpha value is -0.960. The first-order valence-electron chi connectivity index (χ1n) is 8.21. The highest BCUT2D eigenvalue weighted by Crippen LogP contribution is 2.32. The molecule has 3 aliphatic heterocycles. The number of sulfone groups is 2. The number of benzene rings is 1. The van der Waals surface area contributed by atoms with Gasteiger partial charge < -0.3 is 5.32 Å². The second-order valence-electron chi connectivity index (χ2n) is 7.33. The van der Waals surface area contributed by atoms with Crippen LogP contribution in [0.25, 0.3) is 0 Å². The molecule has 3 heterocycles. The fourth-order valence-corrected chi connectivity index (χ4v) is 8.18. The monoisotopic (exact) mass is 370 g/mol. The van der Waals surface area contributed by atoms with E-state index in [4.69, 9.17) is 0 Å². The zero-order valence-corrected chi connectivity index (χ0v) is 15.2. The number of piperazine rings is 1. The lowest BCUT2D eigenvalue weighted by Gasteiger charge is -2.45. The molecule has 3 saturated heterocycles. The van der Waals surface area contributed by atoms with Gasteiger partial charge in [-0.2, -0.15) is 0 Å². The Labute approximate surface area is 143 Å². The molecular weight excluding hydrogens is 348 g/mol. The molecule has 1 aromatic carbocycles. The van der Waals surface area contributed by atoms with Crippen molar-refractivity contribution in [2.24, 2.45) is 0 Å². The molecular formula is C16H22N2O4S2. The van der Waals surface area contributed by atoms with Crippen LogP contribution in [-0.2, 0) is 26.2 Å². The summed E-state index contributed by atoms with van der Waals surface area (Å²) in [5.74, 6) is 0.427.